The molecule has 2 rings (SSSR count). The molecule has 1 aromatic heterocycles. The molecule has 4 nitrogen and oxygen atoms in total. The highest BCUT2D eigenvalue weighted by Crippen LogP contribution is 2.29. The Morgan fingerprint density at radius 3 is 3.06 bits per heavy atom. The van der Waals surface area contributed by atoms with Crippen LogP contribution in [0, 0.1) is 5.82 Å². The molecular formula is C12H14FN3OS. The van der Waals surface area contributed by atoms with Gasteiger partial charge in [-0.05, 0) is 18.2 Å². The molecule has 1 aromatic carbocycles. The molecule has 0 amide bonds. The van der Waals surface area contributed by atoms with E-state index in [1.807, 2.05) is 0 Å². The second-order valence-electron chi connectivity index (χ2n) is 3.93. The summed E-state index contributed by atoms with van der Waals surface area (Å²) >= 11 is 0. The second-order valence-corrected chi connectivity index (χ2v) is 5.48. The van der Waals surface area contributed by atoms with E-state index in [9.17, 15) is 8.60 Å². The molecular weight excluding hydrogens is 253 g/mol. The number of benzene rings is 1. The van der Waals surface area contributed by atoms with Gasteiger partial charge < -0.3 is 11.1 Å². The van der Waals surface area contributed by atoms with Crippen LogP contribution in [0.2, 0.25) is 0 Å². The first-order valence-electron chi connectivity index (χ1n) is 5.46. The molecule has 0 aliphatic carbocycles. The van der Waals surface area contributed by atoms with Crippen LogP contribution in [0.25, 0.3) is 10.9 Å². The van der Waals surface area contributed by atoms with Gasteiger partial charge in [0.1, 0.15) is 0 Å². The van der Waals surface area contributed by atoms with Crippen LogP contribution in [0.4, 0.5) is 15.8 Å². The van der Waals surface area contributed by atoms with Crippen molar-refractivity contribution in [2.75, 3.05) is 29.6 Å². The van der Waals surface area contributed by atoms with Crippen LogP contribution in [0.5, 0.6) is 0 Å². The zero-order valence-electron chi connectivity index (χ0n) is 9.94. The van der Waals surface area contributed by atoms with Crippen LogP contribution < -0.4 is 11.1 Å². The van der Waals surface area contributed by atoms with Crippen molar-refractivity contribution in [2.24, 2.45) is 0 Å². The van der Waals surface area contributed by atoms with Gasteiger partial charge in [0.15, 0.2) is 5.82 Å². The Morgan fingerprint density at radius 1 is 1.56 bits per heavy atom. The van der Waals surface area contributed by atoms with Crippen molar-refractivity contribution in [1.29, 1.82) is 0 Å². The zero-order chi connectivity index (χ0) is 13.1. The van der Waals surface area contributed by atoms with Gasteiger partial charge in [-0.2, -0.15) is 0 Å². The van der Waals surface area contributed by atoms with E-state index in [1.165, 1.54) is 6.07 Å². The Bertz CT molecular complexity index is 603. The quantitative estimate of drug-likeness (QED) is 0.828. The molecule has 0 saturated heterocycles. The van der Waals surface area contributed by atoms with Crippen LogP contribution in [0.3, 0.4) is 0 Å². The van der Waals surface area contributed by atoms with E-state index in [2.05, 4.69) is 10.3 Å². The first kappa shape index (κ1) is 12.8. The fourth-order valence-electron chi connectivity index (χ4n) is 1.72. The molecule has 0 radical (unpaired) electrons. The first-order valence-corrected chi connectivity index (χ1v) is 7.19. The molecule has 2 aromatic rings. The second kappa shape index (κ2) is 5.30. The highest BCUT2D eigenvalue weighted by Gasteiger charge is 2.11. The predicted molar refractivity (Wildman–Crippen MR) is 73.5 cm³/mol. The lowest BCUT2D eigenvalue weighted by Crippen LogP contribution is -2.11. The number of fused-ring (bicyclic) bond motifs is 1. The van der Waals surface area contributed by atoms with Gasteiger partial charge in [0.05, 0.1) is 11.2 Å². The first-order chi connectivity index (χ1) is 8.59. The number of nitrogens with two attached hydrogens (primary N) is 1. The Kier molecular flexibility index (Phi) is 3.76. The summed E-state index contributed by atoms with van der Waals surface area (Å²) in [5.74, 6) is 0.0126. The van der Waals surface area contributed by atoms with E-state index in [-0.39, 0.29) is 0 Å². The van der Waals surface area contributed by atoms with Gasteiger partial charge in [-0.25, -0.2) is 4.39 Å². The summed E-state index contributed by atoms with van der Waals surface area (Å²) in [5.41, 5.74) is 6.92. The maximum absolute atomic E-state index is 13.8. The number of nitrogens with zero attached hydrogens (tertiary/aromatic N) is 1. The number of halogens is 1. The molecule has 1 heterocycles. The molecule has 96 valence electrons. The van der Waals surface area contributed by atoms with E-state index in [0.717, 1.165) is 0 Å². The Labute approximate surface area is 107 Å². The number of hydrogen-bond donors (Lipinski definition) is 2. The Balaban J connectivity index is 2.39. The minimum Gasteiger partial charge on any atom is -0.398 e. The lowest BCUT2D eigenvalue weighted by Gasteiger charge is -2.11. The summed E-state index contributed by atoms with van der Waals surface area (Å²) in [6.07, 6.45) is 3.20. The van der Waals surface area contributed by atoms with Crippen molar-refractivity contribution in [3.63, 3.8) is 0 Å². The number of anilines is 2. The smallest absolute Gasteiger partial charge is 0.150 e. The van der Waals surface area contributed by atoms with Crippen molar-refractivity contribution >= 4 is 33.1 Å². The molecule has 18 heavy (non-hydrogen) atoms. The van der Waals surface area contributed by atoms with E-state index < -0.39 is 16.6 Å². The van der Waals surface area contributed by atoms with E-state index in [0.29, 0.717) is 34.6 Å². The minimum absolute atomic E-state index is 0.310. The average molecular weight is 267 g/mol. The van der Waals surface area contributed by atoms with Gasteiger partial charge in [0.25, 0.3) is 0 Å². The molecule has 1 atom stereocenters. The largest absolute Gasteiger partial charge is 0.398 e. The summed E-state index contributed by atoms with van der Waals surface area (Å²) in [6.45, 7) is 0.426. The molecule has 0 fully saturated rings. The fourth-order valence-corrected chi connectivity index (χ4v) is 2.11. The van der Waals surface area contributed by atoms with Gasteiger partial charge in [0.2, 0.25) is 0 Å². The molecule has 1 unspecified atom stereocenters. The van der Waals surface area contributed by atoms with Gasteiger partial charge >= 0.3 is 0 Å². The Hall–Kier alpha value is -1.69. The number of nitrogens with one attached hydrogen (secondary N) is 1. The Morgan fingerprint density at radius 2 is 2.33 bits per heavy atom. The number of nitrogen functional groups attached to an aromatic ring is 1. The van der Waals surface area contributed by atoms with Gasteiger partial charge in [-0.1, -0.05) is 0 Å². The van der Waals surface area contributed by atoms with Crippen LogP contribution in [0.1, 0.15) is 0 Å². The maximum Gasteiger partial charge on any atom is 0.150 e. The third-order valence-corrected chi connectivity index (χ3v) is 3.35. The maximum atomic E-state index is 13.8. The van der Waals surface area contributed by atoms with Crippen LogP contribution in [0.15, 0.2) is 24.4 Å². The third-order valence-electron chi connectivity index (χ3n) is 2.57. The molecule has 0 aliphatic heterocycles. The molecule has 0 spiro atoms. The highest BCUT2D eigenvalue weighted by molar-refractivity contribution is 7.84. The topological polar surface area (TPSA) is 68.0 Å². The molecule has 0 saturated carbocycles. The normalized spacial score (nSPS) is 12.6. The van der Waals surface area contributed by atoms with Crippen molar-refractivity contribution in [3.05, 3.63) is 30.2 Å². The SMILES string of the molecule is CS(=O)CCNc1c(F)cc(N)c2cccnc12. The van der Waals surface area contributed by atoms with E-state index in [4.69, 9.17) is 5.73 Å². The van der Waals surface area contributed by atoms with Crippen molar-refractivity contribution in [2.45, 2.75) is 0 Å². The molecule has 0 aliphatic rings. The number of aromatic nitrogens is 1. The van der Waals surface area contributed by atoms with Gasteiger partial charge in [0, 0.05) is 46.6 Å². The number of rotatable bonds is 4. The van der Waals surface area contributed by atoms with Gasteiger partial charge in [-0.15, -0.1) is 0 Å². The zero-order valence-corrected chi connectivity index (χ0v) is 10.8. The van der Waals surface area contributed by atoms with E-state index in [1.54, 1.807) is 24.6 Å². The van der Waals surface area contributed by atoms with Crippen LogP contribution in [-0.4, -0.2) is 27.7 Å². The molecule has 0 bridgehead atoms. The fraction of sp³-hybridized carbons (Fsp3) is 0.250. The summed E-state index contributed by atoms with van der Waals surface area (Å²) in [4.78, 5) is 4.14. The van der Waals surface area contributed by atoms with Crippen molar-refractivity contribution < 1.29 is 8.60 Å². The minimum atomic E-state index is -0.914. The van der Waals surface area contributed by atoms with Crippen molar-refractivity contribution in [1.82, 2.24) is 4.98 Å². The standard InChI is InChI=1S/C12H14FN3OS/c1-18(17)6-5-16-12-9(13)7-10(14)8-3-2-4-15-11(8)12/h2-4,7,16H,5-6,14H2,1H3. The summed E-state index contributed by atoms with van der Waals surface area (Å²) < 4.78 is 24.8. The summed E-state index contributed by atoms with van der Waals surface area (Å²) in [5, 5.41) is 3.64. The lowest BCUT2D eigenvalue weighted by molar-refractivity contribution is 0.632. The third kappa shape index (κ3) is 2.59. The van der Waals surface area contributed by atoms with Gasteiger partial charge in [-0.3, -0.25) is 9.19 Å². The monoisotopic (exact) mass is 267 g/mol. The lowest BCUT2D eigenvalue weighted by atomic mass is 10.1. The summed E-state index contributed by atoms with van der Waals surface area (Å²) in [6, 6.07) is 4.82. The summed E-state index contributed by atoms with van der Waals surface area (Å²) in [7, 11) is -0.914. The number of pyridine rings is 1. The molecule has 6 heteroatoms. The molecule has 3 N–H and O–H groups in total. The van der Waals surface area contributed by atoms with Crippen molar-refractivity contribution in [3.8, 4) is 0 Å². The highest BCUT2D eigenvalue weighted by atomic mass is 32.2. The van der Waals surface area contributed by atoms with Crippen LogP contribution in [-0.2, 0) is 10.8 Å². The van der Waals surface area contributed by atoms with E-state index >= 15 is 0 Å². The average Bonchev–Trinajstić information content (AvgIpc) is 2.33. The number of hydrogen-bond acceptors (Lipinski definition) is 4. The van der Waals surface area contributed by atoms with Crippen LogP contribution >= 0.6 is 0 Å². The predicted octanol–water partition coefficient (Wildman–Crippen LogP) is 1.75.